The van der Waals surface area contributed by atoms with Crippen molar-refractivity contribution < 1.29 is 83.1 Å². The summed E-state index contributed by atoms with van der Waals surface area (Å²) in [5, 5.41) is 0. The summed E-state index contributed by atoms with van der Waals surface area (Å²) in [5.41, 5.74) is 0. The van der Waals surface area contributed by atoms with E-state index in [0.717, 1.165) is 79.3 Å². The fourth-order valence-electron chi connectivity index (χ4n) is 3.06. The maximum absolute atomic E-state index is 4.94. The second kappa shape index (κ2) is 35.6. The maximum atomic E-state index is 4.94. The second-order valence-corrected chi connectivity index (χ2v) is 7.92. The van der Waals surface area contributed by atoms with Crippen LogP contribution in [-0.2, 0) is 28.4 Å². The van der Waals surface area contributed by atoms with E-state index in [1.165, 1.54) is 77.0 Å². The summed E-state index contributed by atoms with van der Waals surface area (Å²) in [6.45, 7) is 12.0. The van der Waals surface area contributed by atoms with Crippen LogP contribution in [0.3, 0.4) is 0 Å². The number of ether oxygens (including phenoxy) is 6. The van der Waals surface area contributed by atoms with E-state index < -0.39 is 0 Å². The Morgan fingerprint density at radius 1 is 0.212 bits per heavy atom. The van der Waals surface area contributed by atoms with Crippen molar-refractivity contribution in [2.24, 2.45) is 0 Å². The average Bonchev–Trinajstić information content (AvgIpc) is 3.69. The predicted octanol–water partition coefficient (Wildman–Crippen LogP) is -4.21. The molecule has 0 amide bonds. The minimum Gasteiger partial charge on any atom is -1.00 e. The van der Waals surface area contributed by atoms with Gasteiger partial charge >= 0.3 is 37.7 Å². The first-order chi connectivity index (χ1) is 15.0. The minimum absolute atomic E-state index is 0. The largest absolute Gasteiger partial charge is 1.00 e. The Hall–Kier alpha value is 1.43. The Balaban J connectivity index is -0.000000321. The van der Waals surface area contributed by atoms with Gasteiger partial charge in [0, 0.05) is 79.3 Å². The average molecular weight is 526 g/mol. The molecule has 6 nitrogen and oxygen atoms in total. The molecule has 33 heavy (non-hydrogen) atoms. The van der Waals surface area contributed by atoms with Crippen molar-refractivity contribution in [3.8, 4) is 0 Å². The van der Waals surface area contributed by atoms with Crippen molar-refractivity contribution in [2.75, 3.05) is 79.3 Å². The Labute approximate surface area is 238 Å². The molecule has 9 heteroatoms. The third-order valence-corrected chi connectivity index (χ3v) is 4.96. The molecule has 0 atom stereocenters. The molecule has 0 aromatic heterocycles. The van der Waals surface area contributed by atoms with Gasteiger partial charge in [0.2, 0.25) is 0 Å². The number of hydrogen-bond acceptors (Lipinski definition) is 6. The van der Waals surface area contributed by atoms with E-state index in [-0.39, 0.29) is 54.7 Å². The van der Waals surface area contributed by atoms with E-state index in [1.54, 1.807) is 0 Å². The van der Waals surface area contributed by atoms with Crippen molar-refractivity contribution in [3.05, 3.63) is 0 Å². The van der Waals surface area contributed by atoms with Crippen LogP contribution in [0, 0.1) is 0 Å². The van der Waals surface area contributed by atoms with Crippen molar-refractivity contribution in [1.82, 2.24) is 0 Å². The summed E-state index contributed by atoms with van der Waals surface area (Å²) >= 11 is 0. The quantitative estimate of drug-likeness (QED) is 0.299. The summed E-state index contributed by atoms with van der Waals surface area (Å²) in [7, 11) is 0. The van der Waals surface area contributed by atoms with Gasteiger partial charge in [-0.25, -0.2) is 0 Å². The van der Waals surface area contributed by atoms with Gasteiger partial charge < -0.3 is 45.4 Å². The van der Waals surface area contributed by atoms with E-state index in [4.69, 9.17) is 28.4 Å². The van der Waals surface area contributed by atoms with Gasteiger partial charge in [0.1, 0.15) is 0 Å². The Morgan fingerprint density at radius 2 is 0.303 bits per heavy atom. The third-order valence-electron chi connectivity index (χ3n) is 4.96. The van der Waals surface area contributed by atoms with E-state index in [9.17, 15) is 0 Å². The SMILES string of the molecule is C1CCOC1.C1CCOC1.C1CCOC1.C1CCOC1.C1CCOC1.C1CCOC1.[Br-].[Li+].[Li+]. The summed E-state index contributed by atoms with van der Waals surface area (Å²) in [5.74, 6) is 0. The van der Waals surface area contributed by atoms with Crippen molar-refractivity contribution >= 4 is 0 Å². The van der Waals surface area contributed by atoms with Gasteiger partial charge in [-0.05, 0) is 77.0 Å². The monoisotopic (exact) mass is 525 g/mol. The van der Waals surface area contributed by atoms with Crippen LogP contribution >= 0.6 is 0 Å². The smallest absolute Gasteiger partial charge is 1.00 e. The van der Waals surface area contributed by atoms with Gasteiger partial charge in [0.05, 0.1) is 0 Å². The van der Waals surface area contributed by atoms with Crippen molar-refractivity contribution in [1.29, 1.82) is 0 Å². The van der Waals surface area contributed by atoms with Gasteiger partial charge in [0.25, 0.3) is 0 Å². The molecule has 0 radical (unpaired) electrons. The van der Waals surface area contributed by atoms with Crippen LogP contribution in [0.4, 0.5) is 0 Å². The molecule has 0 unspecified atom stereocenters. The van der Waals surface area contributed by atoms with Crippen molar-refractivity contribution in [2.45, 2.75) is 77.0 Å². The van der Waals surface area contributed by atoms with Crippen LogP contribution in [0.25, 0.3) is 0 Å². The van der Waals surface area contributed by atoms with Gasteiger partial charge in [-0.2, -0.15) is 0 Å². The molecule has 6 saturated heterocycles. The molecular weight excluding hydrogens is 478 g/mol. The van der Waals surface area contributed by atoms with E-state index in [1.807, 2.05) is 0 Å². The molecule has 6 aliphatic rings. The first-order valence-electron chi connectivity index (χ1n) is 12.5. The number of hydrogen-bond donors (Lipinski definition) is 0. The van der Waals surface area contributed by atoms with E-state index in [2.05, 4.69) is 0 Å². The van der Waals surface area contributed by atoms with Gasteiger partial charge in [-0.3, -0.25) is 0 Å². The van der Waals surface area contributed by atoms with Crippen LogP contribution in [0.1, 0.15) is 77.0 Å². The molecular formula is C24H48BrLi2O6+. The van der Waals surface area contributed by atoms with E-state index in [0.29, 0.717) is 0 Å². The first-order valence-corrected chi connectivity index (χ1v) is 12.5. The van der Waals surface area contributed by atoms with Crippen LogP contribution in [0.5, 0.6) is 0 Å². The fourth-order valence-corrected chi connectivity index (χ4v) is 3.06. The van der Waals surface area contributed by atoms with Gasteiger partial charge in [0.15, 0.2) is 0 Å². The summed E-state index contributed by atoms with van der Waals surface area (Å²) in [6, 6.07) is 0. The number of rotatable bonds is 0. The zero-order chi connectivity index (χ0) is 21.2. The molecule has 6 fully saturated rings. The molecule has 6 heterocycles. The second-order valence-electron chi connectivity index (χ2n) is 7.92. The molecule has 188 valence electrons. The summed E-state index contributed by atoms with van der Waals surface area (Å²) in [6.07, 6.45) is 15.3. The van der Waals surface area contributed by atoms with Crippen LogP contribution < -0.4 is 54.7 Å². The fraction of sp³-hybridized carbons (Fsp3) is 1.00. The Morgan fingerprint density at radius 3 is 0.333 bits per heavy atom. The van der Waals surface area contributed by atoms with Gasteiger partial charge in [-0.1, -0.05) is 0 Å². The Kier molecular flexibility index (Phi) is 42.0. The first kappa shape index (κ1) is 39.0. The molecule has 0 N–H and O–H groups in total. The van der Waals surface area contributed by atoms with Crippen molar-refractivity contribution in [3.63, 3.8) is 0 Å². The topological polar surface area (TPSA) is 55.4 Å². The molecule has 0 saturated carbocycles. The zero-order valence-electron chi connectivity index (χ0n) is 21.8. The minimum atomic E-state index is 0. The van der Waals surface area contributed by atoms with Crippen LogP contribution in [-0.4, -0.2) is 79.3 Å². The molecule has 0 spiro atoms. The predicted molar refractivity (Wildman–Crippen MR) is 120 cm³/mol. The number of halogens is 1. The standard InChI is InChI=1S/6C4H8O.BrH.2Li/c6*1-2-4-5-3-1;;;/h6*1-4H2;1H;;/q;;;;;;;2*+1/p-1. The Bertz CT molecular complexity index is 186. The molecule has 0 aromatic rings. The third kappa shape index (κ3) is 33.4. The van der Waals surface area contributed by atoms with Crippen LogP contribution in [0.2, 0.25) is 0 Å². The molecule has 0 aliphatic carbocycles. The molecule has 6 rings (SSSR count). The van der Waals surface area contributed by atoms with Crippen LogP contribution in [0.15, 0.2) is 0 Å². The summed E-state index contributed by atoms with van der Waals surface area (Å²) < 4.78 is 29.7. The van der Waals surface area contributed by atoms with E-state index >= 15 is 0 Å². The molecule has 0 bridgehead atoms. The maximum Gasteiger partial charge on any atom is 1.00 e. The molecule has 6 aliphatic heterocycles. The molecule has 0 aromatic carbocycles. The normalized spacial score (nSPS) is 21.8. The zero-order valence-corrected chi connectivity index (χ0v) is 23.4. The summed E-state index contributed by atoms with van der Waals surface area (Å²) in [4.78, 5) is 0. The van der Waals surface area contributed by atoms with Gasteiger partial charge in [-0.15, -0.1) is 0 Å².